The summed E-state index contributed by atoms with van der Waals surface area (Å²) in [6.45, 7) is 85.0. The second-order valence-electron chi connectivity index (χ2n) is 29.9. The molecule has 0 rings (SSSR count). The summed E-state index contributed by atoms with van der Waals surface area (Å²) in [5.74, 6) is 0. The van der Waals surface area contributed by atoms with E-state index < -0.39 is 172 Å². The second kappa shape index (κ2) is 29.9. The fraction of sp³-hybridized carbons (Fsp3) is 1.00. The van der Waals surface area contributed by atoms with E-state index in [0.29, 0.717) is 0 Å². The first kappa shape index (κ1) is 85.6. The number of rotatable bonds is 36. The molecule has 19 nitrogen and oxygen atoms in total. The molecule has 484 valence electrons. The van der Waals surface area contributed by atoms with Crippen LogP contribution in [0.2, 0.25) is 268 Å². The molecule has 1 N–H and O–H groups in total. The van der Waals surface area contributed by atoms with Crippen LogP contribution in [-0.4, -0.2) is 177 Å². The predicted molar refractivity (Wildman–Crippen MR) is 380 cm³/mol. The summed E-state index contributed by atoms with van der Waals surface area (Å²) in [7, 11) is -50.4. The summed E-state index contributed by atoms with van der Waals surface area (Å²) in [6, 6.07) is 0. The first-order valence-electron chi connectivity index (χ1n) is 28.4. The highest BCUT2D eigenvalue weighted by molar-refractivity contribution is 6.96. The Bertz CT molecular complexity index is 1890. The fourth-order valence-electron chi connectivity index (χ4n) is 11.1. The van der Waals surface area contributed by atoms with E-state index in [4.69, 9.17) is 78.9 Å². The Balaban J connectivity index is 0. The maximum absolute atomic E-state index is 8.19. The van der Waals surface area contributed by atoms with Gasteiger partial charge in [-0.05, 0) is 268 Å². The van der Waals surface area contributed by atoms with Crippen LogP contribution >= 0.6 is 0 Å². The van der Waals surface area contributed by atoms with E-state index in [-0.39, 0.29) is 0 Å². The second-order valence-corrected chi connectivity index (χ2v) is 101. The van der Waals surface area contributed by atoms with Crippen LogP contribution in [0.5, 0.6) is 0 Å². The van der Waals surface area contributed by atoms with Crippen LogP contribution in [0, 0.1) is 0 Å². The van der Waals surface area contributed by atoms with Crippen molar-refractivity contribution in [3.8, 4) is 0 Å². The van der Waals surface area contributed by atoms with Gasteiger partial charge in [-0.25, -0.2) is 0 Å². The van der Waals surface area contributed by atoms with Crippen molar-refractivity contribution in [2.45, 2.75) is 268 Å². The lowest BCUT2D eigenvalue weighted by molar-refractivity contribution is 0.250. The summed E-state index contributed by atoms with van der Waals surface area (Å²) < 4.78 is 122. The van der Waals surface area contributed by atoms with E-state index in [1.54, 1.807) is 0 Å². The smallest absolute Gasteiger partial charge is 0.314 e. The van der Waals surface area contributed by atoms with Crippen molar-refractivity contribution < 1.29 is 78.9 Å². The Morgan fingerprint density at radius 3 is 0.350 bits per heavy atom. The van der Waals surface area contributed by atoms with E-state index in [2.05, 4.69) is 255 Å². The Kier molecular flexibility index (Phi) is 32.0. The molecule has 0 aromatic carbocycles. The van der Waals surface area contributed by atoms with Crippen LogP contribution < -0.4 is 0 Å². The third-order valence-corrected chi connectivity index (χ3v) is 80.4. The lowest BCUT2D eigenvalue weighted by Gasteiger charge is -2.45. The number of hydrogen-bond acceptors (Lipinski definition) is 19. The SMILES string of the molecule is C[SiH](C)O.C[SiH](C)O[Si](C)(C)O[Si](C)(C)O[Si](C)(C)O[Si](C)(C)O[Si](C)(C)O[Si](C)(C)O[Si](C)(C)O[Si](C)(C)O[Si](C)(C)O[Si](C)(C)O[Si](C)(C)O[Si](C)(C)O[Si](C)(C)O[Si](C)(C)O[Si](C)(C)O[Si](C)(C)O[Si](C)(C)O[Si](C)(C)C. The first-order chi connectivity index (χ1) is 34.2. The molecule has 0 heterocycles. The zero-order chi connectivity index (χ0) is 64.9. The molecular weight excluding hydrogens is 1360 g/mol. The summed E-state index contributed by atoms with van der Waals surface area (Å²) in [5, 5.41) is 0. The van der Waals surface area contributed by atoms with Gasteiger partial charge >= 0.3 is 146 Å². The van der Waals surface area contributed by atoms with Crippen LogP contribution in [0.25, 0.3) is 0 Å². The van der Waals surface area contributed by atoms with Gasteiger partial charge in [-0.1, -0.05) is 0 Å². The van der Waals surface area contributed by atoms with Gasteiger partial charge in [0.2, 0.25) is 0 Å². The van der Waals surface area contributed by atoms with Gasteiger partial charge in [0.15, 0.2) is 26.4 Å². The molecule has 0 saturated carbocycles. The summed E-state index contributed by atoms with van der Waals surface area (Å²) >= 11 is 0. The lowest BCUT2D eigenvalue weighted by atomic mass is 11.8. The molecule has 0 radical (unpaired) electrons. The van der Waals surface area contributed by atoms with Crippen molar-refractivity contribution in [2.75, 3.05) is 0 Å². The van der Waals surface area contributed by atoms with Gasteiger partial charge in [0.25, 0.3) is 0 Å². The maximum Gasteiger partial charge on any atom is 0.314 e. The molecule has 0 aliphatic carbocycles. The Morgan fingerprint density at radius 1 is 0.175 bits per heavy atom. The van der Waals surface area contributed by atoms with Gasteiger partial charge in [-0.2, -0.15) is 0 Å². The Morgan fingerprint density at radius 2 is 0.263 bits per heavy atom. The van der Waals surface area contributed by atoms with Crippen molar-refractivity contribution in [1.29, 1.82) is 0 Å². The summed E-state index contributed by atoms with van der Waals surface area (Å²) in [4.78, 5) is 8.19. The molecule has 39 heteroatoms. The van der Waals surface area contributed by atoms with Crippen molar-refractivity contribution in [3.05, 3.63) is 0 Å². The number of hydrogen-bond donors (Lipinski definition) is 1. The van der Waals surface area contributed by atoms with Gasteiger partial charge in [0.05, 0.1) is 0 Å². The van der Waals surface area contributed by atoms with Crippen molar-refractivity contribution in [3.63, 3.8) is 0 Å². The molecule has 0 spiro atoms. The molecule has 0 aliphatic heterocycles. The standard InChI is InChI=1S/C39H118O18Si19.C2H8OSi/c1-58(2)40-60(6,7)42-62(10,11)44-64(14,15)46-66(18,19)48-68(22,23)50-70(26,27)52-72(30,31)54-74(34,35)56-76(38,39)57-75(36,37)55-73(32,33)53-71(28,29)51-69(24,25)49-67(20,21)47-65(16,17)45-63(12,13)43-61(8,9)41-59(3,4)5;1-4(2)3/h58H,1-39H3;3-4H,1-2H3. The van der Waals surface area contributed by atoms with E-state index in [0.717, 1.165) is 0 Å². The van der Waals surface area contributed by atoms with Crippen LogP contribution in [0.15, 0.2) is 0 Å². The van der Waals surface area contributed by atoms with Crippen LogP contribution in [0.3, 0.4) is 0 Å². The largest absolute Gasteiger partial charge is 0.440 e. The third kappa shape index (κ3) is 43.3. The first-order valence-corrected chi connectivity index (χ1v) is 85.3. The highest BCUT2D eigenvalue weighted by Gasteiger charge is 2.54. The van der Waals surface area contributed by atoms with Gasteiger partial charge < -0.3 is 78.9 Å². The van der Waals surface area contributed by atoms with Gasteiger partial charge in [0, 0.05) is 0 Å². The molecule has 0 unspecified atom stereocenters. The Labute approximate surface area is 515 Å². The predicted octanol–water partition coefficient (Wildman–Crippen LogP) is 14.0. The van der Waals surface area contributed by atoms with Crippen molar-refractivity contribution >= 4 is 172 Å². The van der Waals surface area contributed by atoms with E-state index in [9.17, 15) is 0 Å². The monoisotopic (exact) mass is 1480 g/mol. The molecular formula is C41H126O19Si20. The molecule has 0 fully saturated rings. The molecule has 0 atom stereocenters. The van der Waals surface area contributed by atoms with Gasteiger partial charge in [-0.3, -0.25) is 0 Å². The molecule has 0 amide bonds. The van der Waals surface area contributed by atoms with Crippen LogP contribution in [0.1, 0.15) is 0 Å². The molecule has 0 aromatic rings. The maximum atomic E-state index is 8.19. The van der Waals surface area contributed by atoms with Gasteiger partial charge in [-0.15, -0.1) is 0 Å². The van der Waals surface area contributed by atoms with Crippen molar-refractivity contribution in [2.24, 2.45) is 0 Å². The highest BCUT2D eigenvalue weighted by Crippen LogP contribution is 2.34. The molecule has 0 aliphatic rings. The van der Waals surface area contributed by atoms with Gasteiger partial charge in [0.1, 0.15) is 0 Å². The van der Waals surface area contributed by atoms with Crippen molar-refractivity contribution in [1.82, 2.24) is 0 Å². The minimum atomic E-state index is -2.84. The molecule has 80 heavy (non-hydrogen) atoms. The molecule has 0 saturated heterocycles. The quantitative estimate of drug-likeness (QED) is 0.0583. The van der Waals surface area contributed by atoms with E-state index in [1.807, 2.05) is 13.1 Å². The third-order valence-electron chi connectivity index (χ3n) is 8.94. The summed E-state index contributed by atoms with van der Waals surface area (Å²) in [5.41, 5.74) is 0. The van der Waals surface area contributed by atoms with E-state index in [1.165, 1.54) is 0 Å². The molecule has 0 aromatic heterocycles. The lowest BCUT2D eigenvalue weighted by Crippen LogP contribution is -2.63. The molecule has 0 bridgehead atoms. The topological polar surface area (TPSA) is 186 Å². The minimum Gasteiger partial charge on any atom is -0.440 e. The zero-order valence-corrected chi connectivity index (χ0v) is 79.3. The average Bonchev–Trinajstić information content (AvgIpc) is 2.91. The zero-order valence-electron chi connectivity index (χ0n) is 59.0. The van der Waals surface area contributed by atoms with Crippen LogP contribution in [0.4, 0.5) is 0 Å². The van der Waals surface area contributed by atoms with Crippen LogP contribution in [-0.2, 0) is 74.1 Å². The average molecular weight is 1490 g/mol. The van der Waals surface area contributed by atoms with E-state index >= 15 is 0 Å². The Hall–Kier alpha value is 3.58. The minimum absolute atomic E-state index is 1.14. The normalized spacial score (nSPS) is 15.8. The highest BCUT2D eigenvalue weighted by atomic mass is 28.5. The fourth-order valence-corrected chi connectivity index (χ4v) is 107. The summed E-state index contributed by atoms with van der Waals surface area (Å²) in [6.07, 6.45) is 0.